The average Bonchev–Trinajstić information content (AvgIpc) is 3.27. The van der Waals surface area contributed by atoms with Crippen molar-refractivity contribution in [1.82, 2.24) is 10.6 Å². The van der Waals surface area contributed by atoms with Crippen molar-refractivity contribution in [2.75, 3.05) is 13.2 Å². The van der Waals surface area contributed by atoms with E-state index in [-0.39, 0.29) is 30.9 Å². The molecule has 1 aliphatic carbocycles. The number of carbonyl (C=O) groups excluding carboxylic acids is 2. The van der Waals surface area contributed by atoms with Crippen molar-refractivity contribution in [3.05, 3.63) is 35.4 Å². The average molecular weight is 262 g/mol. The van der Waals surface area contributed by atoms with Crippen LogP contribution in [0.5, 0.6) is 0 Å². The fourth-order valence-corrected chi connectivity index (χ4v) is 1.72. The van der Waals surface area contributed by atoms with Gasteiger partial charge >= 0.3 is 0 Å². The third-order valence-electron chi connectivity index (χ3n) is 3.03. The Labute approximate surface area is 112 Å². The zero-order chi connectivity index (χ0) is 13.7. The van der Waals surface area contributed by atoms with Crippen molar-refractivity contribution in [3.8, 4) is 0 Å². The summed E-state index contributed by atoms with van der Waals surface area (Å²) in [6, 6.07) is 7.07. The minimum absolute atomic E-state index is 0.0724. The van der Waals surface area contributed by atoms with Crippen molar-refractivity contribution in [2.24, 2.45) is 5.92 Å². The fraction of sp³-hybridized carbons (Fsp3) is 0.429. The van der Waals surface area contributed by atoms with Gasteiger partial charge in [0.1, 0.15) is 0 Å². The van der Waals surface area contributed by atoms with Crippen LogP contribution in [-0.4, -0.2) is 30.1 Å². The minimum atomic E-state index is -0.206. The van der Waals surface area contributed by atoms with Crippen LogP contribution in [0.3, 0.4) is 0 Å². The molecule has 1 aromatic carbocycles. The van der Waals surface area contributed by atoms with Crippen molar-refractivity contribution in [1.29, 1.82) is 0 Å². The number of amides is 2. The van der Waals surface area contributed by atoms with Crippen LogP contribution in [0.2, 0.25) is 0 Å². The highest BCUT2D eigenvalue weighted by Gasteiger charge is 2.29. The van der Waals surface area contributed by atoms with E-state index in [1.165, 1.54) is 0 Å². The van der Waals surface area contributed by atoms with E-state index in [2.05, 4.69) is 10.6 Å². The Kier molecular flexibility index (Phi) is 4.52. The standard InChI is InChI=1S/C14H18N2O3/c17-8-7-15-13(18)11-3-1-10(2-4-11)9-16-14(19)12-5-6-12/h1-4,12,17H,5-9H2,(H,15,18)(H,16,19). The zero-order valence-electron chi connectivity index (χ0n) is 10.7. The Bertz CT molecular complexity index is 452. The molecule has 0 spiro atoms. The summed E-state index contributed by atoms with van der Waals surface area (Å²) < 4.78 is 0. The number of benzene rings is 1. The summed E-state index contributed by atoms with van der Waals surface area (Å²) in [5.41, 5.74) is 1.51. The number of aliphatic hydroxyl groups is 1. The fourth-order valence-electron chi connectivity index (χ4n) is 1.72. The Balaban J connectivity index is 1.83. The maximum absolute atomic E-state index is 11.6. The van der Waals surface area contributed by atoms with E-state index in [1.54, 1.807) is 12.1 Å². The molecule has 1 fully saturated rings. The van der Waals surface area contributed by atoms with E-state index in [4.69, 9.17) is 5.11 Å². The molecule has 0 saturated heterocycles. The molecule has 0 atom stereocenters. The lowest BCUT2D eigenvalue weighted by atomic mass is 10.1. The van der Waals surface area contributed by atoms with Gasteiger partial charge in [0.05, 0.1) is 6.61 Å². The molecule has 0 heterocycles. The minimum Gasteiger partial charge on any atom is -0.395 e. The van der Waals surface area contributed by atoms with Gasteiger partial charge in [-0.15, -0.1) is 0 Å². The molecule has 5 nitrogen and oxygen atoms in total. The third kappa shape index (κ3) is 4.06. The second-order valence-corrected chi connectivity index (χ2v) is 4.67. The lowest BCUT2D eigenvalue weighted by molar-refractivity contribution is -0.122. The van der Waals surface area contributed by atoms with Crippen LogP contribution in [0.15, 0.2) is 24.3 Å². The second-order valence-electron chi connectivity index (χ2n) is 4.67. The summed E-state index contributed by atoms with van der Waals surface area (Å²) in [6.07, 6.45) is 1.99. The molecule has 19 heavy (non-hydrogen) atoms. The number of hydrogen-bond acceptors (Lipinski definition) is 3. The monoisotopic (exact) mass is 262 g/mol. The number of nitrogens with one attached hydrogen (secondary N) is 2. The van der Waals surface area contributed by atoms with Crippen LogP contribution in [0.25, 0.3) is 0 Å². The summed E-state index contributed by atoms with van der Waals surface area (Å²) in [6.45, 7) is 0.670. The zero-order valence-corrected chi connectivity index (χ0v) is 10.7. The molecule has 1 saturated carbocycles. The first-order valence-electron chi connectivity index (χ1n) is 6.46. The van der Waals surface area contributed by atoms with Crippen molar-refractivity contribution >= 4 is 11.8 Å². The van der Waals surface area contributed by atoms with Gasteiger partial charge in [-0.05, 0) is 30.5 Å². The molecule has 3 N–H and O–H groups in total. The molecule has 0 radical (unpaired) electrons. The Hall–Kier alpha value is -1.88. The molecule has 0 aromatic heterocycles. The lowest BCUT2D eigenvalue weighted by Crippen LogP contribution is -2.26. The topological polar surface area (TPSA) is 78.4 Å². The van der Waals surface area contributed by atoms with Gasteiger partial charge < -0.3 is 15.7 Å². The smallest absolute Gasteiger partial charge is 0.251 e. The van der Waals surface area contributed by atoms with Crippen LogP contribution >= 0.6 is 0 Å². The third-order valence-corrected chi connectivity index (χ3v) is 3.03. The molecule has 1 aliphatic rings. The van der Waals surface area contributed by atoms with Gasteiger partial charge in [0, 0.05) is 24.6 Å². The van der Waals surface area contributed by atoms with E-state index in [0.29, 0.717) is 12.1 Å². The van der Waals surface area contributed by atoms with Gasteiger partial charge in [-0.3, -0.25) is 9.59 Å². The van der Waals surface area contributed by atoms with Crippen molar-refractivity contribution in [3.63, 3.8) is 0 Å². The van der Waals surface area contributed by atoms with E-state index < -0.39 is 0 Å². The van der Waals surface area contributed by atoms with E-state index in [9.17, 15) is 9.59 Å². The molecule has 0 unspecified atom stereocenters. The summed E-state index contributed by atoms with van der Waals surface area (Å²) in [4.78, 5) is 23.1. The van der Waals surface area contributed by atoms with Gasteiger partial charge in [0.25, 0.3) is 5.91 Å². The summed E-state index contributed by atoms with van der Waals surface area (Å²) in [7, 11) is 0. The highest BCUT2D eigenvalue weighted by atomic mass is 16.3. The maximum Gasteiger partial charge on any atom is 0.251 e. The summed E-state index contributed by atoms with van der Waals surface area (Å²) >= 11 is 0. The van der Waals surface area contributed by atoms with Crippen LogP contribution in [-0.2, 0) is 11.3 Å². The second kappa shape index (κ2) is 6.33. The van der Waals surface area contributed by atoms with Gasteiger partial charge in [-0.2, -0.15) is 0 Å². The van der Waals surface area contributed by atoms with Gasteiger partial charge in [0.2, 0.25) is 5.91 Å². The molecular formula is C14H18N2O3. The lowest BCUT2D eigenvalue weighted by Gasteiger charge is -2.06. The van der Waals surface area contributed by atoms with E-state index in [1.807, 2.05) is 12.1 Å². The van der Waals surface area contributed by atoms with E-state index >= 15 is 0 Å². The largest absolute Gasteiger partial charge is 0.395 e. The molecule has 2 rings (SSSR count). The summed E-state index contributed by atoms with van der Waals surface area (Å²) in [5, 5.41) is 14.1. The van der Waals surface area contributed by atoms with Crippen LogP contribution in [0.1, 0.15) is 28.8 Å². The Morgan fingerprint density at radius 2 is 1.84 bits per heavy atom. The number of aliphatic hydroxyl groups excluding tert-OH is 1. The predicted molar refractivity (Wildman–Crippen MR) is 70.4 cm³/mol. The van der Waals surface area contributed by atoms with Gasteiger partial charge in [0.15, 0.2) is 0 Å². The molecular weight excluding hydrogens is 244 g/mol. The van der Waals surface area contributed by atoms with Crippen molar-refractivity contribution < 1.29 is 14.7 Å². The molecule has 5 heteroatoms. The van der Waals surface area contributed by atoms with Crippen LogP contribution in [0, 0.1) is 5.92 Å². The first-order chi connectivity index (χ1) is 9.20. The summed E-state index contributed by atoms with van der Waals surface area (Å²) in [5.74, 6) is 0.121. The Morgan fingerprint density at radius 3 is 2.42 bits per heavy atom. The quantitative estimate of drug-likeness (QED) is 0.696. The molecule has 1 aromatic rings. The van der Waals surface area contributed by atoms with Crippen molar-refractivity contribution in [2.45, 2.75) is 19.4 Å². The van der Waals surface area contributed by atoms with Gasteiger partial charge in [-0.1, -0.05) is 12.1 Å². The molecule has 0 aliphatic heterocycles. The first-order valence-corrected chi connectivity index (χ1v) is 6.46. The number of carbonyl (C=O) groups is 2. The van der Waals surface area contributed by atoms with Crippen LogP contribution < -0.4 is 10.6 Å². The first kappa shape index (κ1) is 13.5. The Morgan fingerprint density at radius 1 is 1.16 bits per heavy atom. The molecule has 0 bridgehead atoms. The van der Waals surface area contributed by atoms with E-state index in [0.717, 1.165) is 18.4 Å². The highest BCUT2D eigenvalue weighted by molar-refractivity contribution is 5.94. The highest BCUT2D eigenvalue weighted by Crippen LogP contribution is 2.28. The SMILES string of the molecule is O=C(NCCO)c1ccc(CNC(=O)C2CC2)cc1. The maximum atomic E-state index is 11.6. The predicted octanol–water partition coefficient (Wildman–Crippen LogP) is 0.435. The van der Waals surface area contributed by atoms with Crippen LogP contribution in [0.4, 0.5) is 0 Å². The number of hydrogen-bond donors (Lipinski definition) is 3. The molecule has 102 valence electrons. The number of rotatable bonds is 6. The normalized spacial score (nSPS) is 13.9. The van der Waals surface area contributed by atoms with Gasteiger partial charge in [-0.25, -0.2) is 0 Å². The molecule has 2 amide bonds.